The highest BCUT2D eigenvalue weighted by atomic mass is 16.5. The lowest BCUT2D eigenvalue weighted by Gasteiger charge is -2.42. The molecule has 0 radical (unpaired) electrons. The second kappa shape index (κ2) is 5.51. The zero-order valence-corrected chi connectivity index (χ0v) is 11.5. The van der Waals surface area contributed by atoms with Gasteiger partial charge in [-0.1, -0.05) is 0 Å². The summed E-state index contributed by atoms with van der Waals surface area (Å²) in [6.07, 6.45) is 7.90. The second-order valence-electron chi connectivity index (χ2n) is 5.41. The van der Waals surface area contributed by atoms with Crippen LogP contribution in [0.4, 0.5) is 0 Å². The molecule has 1 atom stereocenters. The van der Waals surface area contributed by atoms with Crippen molar-refractivity contribution in [1.29, 1.82) is 0 Å². The highest BCUT2D eigenvalue weighted by Crippen LogP contribution is 2.35. The maximum atomic E-state index is 6.06. The number of aryl methyl sites for hydroxylation is 1. The number of hydrogen-bond donors (Lipinski definition) is 0. The Balaban J connectivity index is 1.61. The largest absolute Gasteiger partial charge is 0.487 e. The fourth-order valence-corrected chi connectivity index (χ4v) is 2.95. The van der Waals surface area contributed by atoms with Gasteiger partial charge in [-0.2, -0.15) is 5.10 Å². The fourth-order valence-electron chi connectivity index (χ4n) is 2.95. The summed E-state index contributed by atoms with van der Waals surface area (Å²) in [4.78, 5) is 0. The lowest BCUT2D eigenvalue weighted by molar-refractivity contribution is -0.155. The monoisotopic (exact) mass is 266 g/mol. The fraction of sp³-hybridized carbons (Fsp3) is 0.786. The van der Waals surface area contributed by atoms with Crippen molar-refractivity contribution in [3.8, 4) is 5.75 Å². The Labute approximate surface area is 113 Å². The van der Waals surface area contributed by atoms with Crippen LogP contribution in [-0.4, -0.2) is 41.3 Å². The Bertz CT molecular complexity index is 407. The molecule has 1 aromatic rings. The highest BCUT2D eigenvalue weighted by Gasteiger charge is 2.39. The molecule has 5 heteroatoms. The van der Waals surface area contributed by atoms with Gasteiger partial charge in [0, 0.05) is 32.6 Å². The van der Waals surface area contributed by atoms with Crippen molar-refractivity contribution < 1.29 is 14.2 Å². The normalized spacial score (nSPS) is 26.5. The molecule has 2 aliphatic rings. The molecule has 0 amide bonds. The third-order valence-electron chi connectivity index (χ3n) is 4.09. The SMILES string of the molecule is CCn1cc(OC2CCOC3(CCOCC3)C2)cn1. The molecule has 3 rings (SSSR count). The number of aromatic nitrogens is 2. The first-order chi connectivity index (χ1) is 9.30. The van der Waals surface area contributed by atoms with Gasteiger partial charge in [0.15, 0.2) is 5.75 Å². The second-order valence-corrected chi connectivity index (χ2v) is 5.41. The van der Waals surface area contributed by atoms with Gasteiger partial charge in [0.2, 0.25) is 0 Å². The number of rotatable bonds is 3. The van der Waals surface area contributed by atoms with Crippen LogP contribution in [0.25, 0.3) is 0 Å². The minimum absolute atomic E-state index is 0.0120. The molecule has 3 heterocycles. The Hall–Kier alpha value is -1.07. The third kappa shape index (κ3) is 2.92. The predicted octanol–water partition coefficient (Wildman–Crippen LogP) is 2.01. The Morgan fingerprint density at radius 3 is 3.00 bits per heavy atom. The van der Waals surface area contributed by atoms with E-state index in [0.29, 0.717) is 0 Å². The molecule has 1 unspecified atom stereocenters. The van der Waals surface area contributed by atoms with Gasteiger partial charge in [0.05, 0.1) is 24.6 Å². The first-order valence-corrected chi connectivity index (χ1v) is 7.20. The average molecular weight is 266 g/mol. The lowest BCUT2D eigenvalue weighted by Crippen LogP contribution is -2.47. The van der Waals surface area contributed by atoms with Crippen LogP contribution < -0.4 is 4.74 Å². The van der Waals surface area contributed by atoms with E-state index in [2.05, 4.69) is 12.0 Å². The van der Waals surface area contributed by atoms with Gasteiger partial charge in [-0.25, -0.2) is 0 Å². The van der Waals surface area contributed by atoms with Crippen LogP contribution in [-0.2, 0) is 16.0 Å². The molecule has 106 valence electrons. The van der Waals surface area contributed by atoms with Crippen LogP contribution in [0.15, 0.2) is 12.4 Å². The van der Waals surface area contributed by atoms with Gasteiger partial charge in [-0.3, -0.25) is 4.68 Å². The van der Waals surface area contributed by atoms with Gasteiger partial charge < -0.3 is 14.2 Å². The van der Waals surface area contributed by atoms with E-state index in [1.807, 2.05) is 10.9 Å². The molecule has 19 heavy (non-hydrogen) atoms. The van der Waals surface area contributed by atoms with Crippen molar-refractivity contribution in [2.45, 2.75) is 50.9 Å². The van der Waals surface area contributed by atoms with Gasteiger partial charge in [0.1, 0.15) is 6.10 Å². The quantitative estimate of drug-likeness (QED) is 0.839. The first-order valence-electron chi connectivity index (χ1n) is 7.20. The highest BCUT2D eigenvalue weighted by molar-refractivity contribution is 5.12. The predicted molar refractivity (Wildman–Crippen MR) is 70.3 cm³/mol. The molecule has 2 aliphatic heterocycles. The number of nitrogens with zero attached hydrogens (tertiary/aromatic N) is 2. The smallest absolute Gasteiger partial charge is 0.157 e. The van der Waals surface area contributed by atoms with E-state index in [0.717, 1.165) is 57.8 Å². The van der Waals surface area contributed by atoms with Crippen molar-refractivity contribution in [1.82, 2.24) is 9.78 Å². The summed E-state index contributed by atoms with van der Waals surface area (Å²) >= 11 is 0. The standard InChI is InChI=1S/C14H22N2O3/c1-2-16-11-13(10-15-16)19-12-3-6-18-14(9-12)4-7-17-8-5-14/h10-12H,2-9H2,1H3. The van der Waals surface area contributed by atoms with Crippen molar-refractivity contribution in [3.05, 3.63) is 12.4 Å². The molecule has 1 spiro atoms. The van der Waals surface area contributed by atoms with Crippen LogP contribution in [0.1, 0.15) is 32.6 Å². The molecule has 1 aromatic heterocycles. The van der Waals surface area contributed by atoms with Crippen molar-refractivity contribution in [3.63, 3.8) is 0 Å². The van der Waals surface area contributed by atoms with Gasteiger partial charge >= 0.3 is 0 Å². The van der Waals surface area contributed by atoms with Gasteiger partial charge in [-0.05, 0) is 19.8 Å². The third-order valence-corrected chi connectivity index (χ3v) is 4.09. The number of ether oxygens (including phenoxy) is 3. The van der Waals surface area contributed by atoms with Crippen molar-refractivity contribution >= 4 is 0 Å². The van der Waals surface area contributed by atoms with E-state index < -0.39 is 0 Å². The molecular weight excluding hydrogens is 244 g/mol. The molecule has 2 saturated heterocycles. The zero-order valence-electron chi connectivity index (χ0n) is 11.5. The zero-order chi connectivity index (χ0) is 13.1. The molecule has 0 aromatic carbocycles. The van der Waals surface area contributed by atoms with Crippen molar-refractivity contribution in [2.24, 2.45) is 0 Å². The van der Waals surface area contributed by atoms with Crippen LogP contribution in [0.5, 0.6) is 5.75 Å². The Morgan fingerprint density at radius 1 is 1.42 bits per heavy atom. The summed E-state index contributed by atoms with van der Waals surface area (Å²) in [6, 6.07) is 0. The summed E-state index contributed by atoms with van der Waals surface area (Å²) < 4.78 is 19.4. The van der Waals surface area contributed by atoms with Crippen molar-refractivity contribution in [2.75, 3.05) is 19.8 Å². The Kier molecular flexibility index (Phi) is 3.75. The van der Waals surface area contributed by atoms with Crippen LogP contribution in [0, 0.1) is 0 Å². The molecule has 0 bridgehead atoms. The maximum Gasteiger partial charge on any atom is 0.157 e. The molecular formula is C14H22N2O3. The van der Waals surface area contributed by atoms with Crippen LogP contribution in [0.3, 0.4) is 0 Å². The molecule has 5 nitrogen and oxygen atoms in total. The molecule has 2 fully saturated rings. The molecule has 0 N–H and O–H groups in total. The van der Waals surface area contributed by atoms with E-state index in [1.54, 1.807) is 6.20 Å². The van der Waals surface area contributed by atoms with E-state index >= 15 is 0 Å². The van der Waals surface area contributed by atoms with Crippen LogP contribution >= 0.6 is 0 Å². The summed E-state index contributed by atoms with van der Waals surface area (Å²) in [5.41, 5.74) is -0.0120. The topological polar surface area (TPSA) is 45.5 Å². The van der Waals surface area contributed by atoms with E-state index in [4.69, 9.17) is 14.2 Å². The van der Waals surface area contributed by atoms with Gasteiger partial charge in [-0.15, -0.1) is 0 Å². The lowest BCUT2D eigenvalue weighted by atomic mass is 9.85. The summed E-state index contributed by atoms with van der Waals surface area (Å²) in [7, 11) is 0. The Morgan fingerprint density at radius 2 is 2.26 bits per heavy atom. The van der Waals surface area contributed by atoms with Crippen LogP contribution in [0.2, 0.25) is 0 Å². The first kappa shape index (κ1) is 12.9. The van der Waals surface area contributed by atoms with E-state index in [9.17, 15) is 0 Å². The minimum atomic E-state index is -0.0120. The summed E-state index contributed by atoms with van der Waals surface area (Å²) in [6.45, 7) is 5.34. The maximum absolute atomic E-state index is 6.06. The average Bonchev–Trinajstić information content (AvgIpc) is 2.87. The molecule has 0 aliphatic carbocycles. The molecule has 0 saturated carbocycles. The summed E-state index contributed by atoms with van der Waals surface area (Å²) in [5, 5.41) is 4.24. The minimum Gasteiger partial charge on any atom is -0.487 e. The van der Waals surface area contributed by atoms with Gasteiger partial charge in [0.25, 0.3) is 0 Å². The van der Waals surface area contributed by atoms with E-state index in [-0.39, 0.29) is 11.7 Å². The summed E-state index contributed by atoms with van der Waals surface area (Å²) in [5.74, 6) is 0.871. The number of hydrogen-bond acceptors (Lipinski definition) is 4. The van der Waals surface area contributed by atoms with E-state index in [1.165, 1.54) is 0 Å².